The Morgan fingerprint density at radius 2 is 1.86 bits per heavy atom. The predicted octanol–water partition coefficient (Wildman–Crippen LogP) is 6.58. The molecule has 0 unspecified atom stereocenters. The normalized spacial score (nSPS) is 13.5. The molecule has 6 nitrogen and oxygen atoms in total. The number of ether oxygens (including phenoxy) is 1. The minimum Gasteiger partial charge on any atom is -0.381 e. The molecule has 2 heterocycles. The van der Waals surface area contributed by atoms with E-state index < -0.39 is 5.95 Å². The van der Waals surface area contributed by atoms with Gasteiger partial charge in [0.25, 0.3) is 5.56 Å². The van der Waals surface area contributed by atoms with Gasteiger partial charge in [0.2, 0.25) is 5.95 Å². The maximum absolute atomic E-state index is 13.4. The first-order chi connectivity index (χ1) is 17.1. The molecule has 0 saturated carbocycles. The minimum atomic E-state index is -0.494. The Morgan fingerprint density at radius 3 is 2.46 bits per heavy atom. The van der Waals surface area contributed by atoms with Crippen molar-refractivity contribution in [3.63, 3.8) is 0 Å². The molecule has 1 fully saturated rings. The smallest absolute Gasteiger partial charge is 0.254 e. The second kappa shape index (κ2) is 19.4. The van der Waals surface area contributed by atoms with Crippen LogP contribution in [-0.4, -0.2) is 36.0 Å². The van der Waals surface area contributed by atoms with Crippen molar-refractivity contribution < 1.29 is 9.13 Å². The Bertz CT molecular complexity index is 977. The molecular formula is C28H43FN4O2. The zero-order chi connectivity index (χ0) is 26.6. The summed E-state index contributed by atoms with van der Waals surface area (Å²) in [6, 6.07) is 9.43. The highest BCUT2D eigenvalue weighted by atomic mass is 19.1. The van der Waals surface area contributed by atoms with Gasteiger partial charge in [-0.3, -0.25) is 9.36 Å². The zero-order valence-corrected chi connectivity index (χ0v) is 22.3. The molecule has 0 radical (unpaired) electrons. The summed E-state index contributed by atoms with van der Waals surface area (Å²) in [5.74, 6) is -0.494. The fourth-order valence-corrected chi connectivity index (χ4v) is 3.49. The van der Waals surface area contributed by atoms with E-state index in [1.807, 2.05) is 52.0 Å². The number of halogens is 1. The van der Waals surface area contributed by atoms with E-state index in [0.717, 1.165) is 29.5 Å². The first-order valence-corrected chi connectivity index (χ1v) is 12.5. The number of aliphatic imine (C=N–C) groups is 1. The lowest BCUT2D eigenvalue weighted by Crippen LogP contribution is -2.29. The summed E-state index contributed by atoms with van der Waals surface area (Å²) in [6.45, 7) is 15.2. The van der Waals surface area contributed by atoms with Crippen LogP contribution in [0, 0.1) is 0 Å². The number of hydrogen-bond acceptors (Lipinski definition) is 5. The SMILES string of the molecule is C=C(CC/C=C(F)\N=C/C)c1ccccc1-c1cc(=O)n(C2CCOCC2)cn1.CC.CC.CN. The summed E-state index contributed by atoms with van der Waals surface area (Å²) in [5.41, 5.74) is 7.68. The van der Waals surface area contributed by atoms with E-state index in [2.05, 4.69) is 22.3 Å². The lowest BCUT2D eigenvalue weighted by molar-refractivity contribution is 0.0684. The van der Waals surface area contributed by atoms with Crippen molar-refractivity contribution in [1.29, 1.82) is 0 Å². The number of hydrogen-bond donors (Lipinski definition) is 1. The number of benzene rings is 1. The van der Waals surface area contributed by atoms with Crippen molar-refractivity contribution in [1.82, 2.24) is 9.55 Å². The summed E-state index contributed by atoms with van der Waals surface area (Å²) >= 11 is 0. The molecule has 2 N–H and O–H groups in total. The van der Waals surface area contributed by atoms with Gasteiger partial charge in [0.15, 0.2) is 0 Å². The lowest BCUT2D eigenvalue weighted by Gasteiger charge is -2.24. The lowest BCUT2D eigenvalue weighted by atomic mass is 9.95. The summed E-state index contributed by atoms with van der Waals surface area (Å²) in [7, 11) is 1.50. The van der Waals surface area contributed by atoms with Crippen LogP contribution in [0.25, 0.3) is 16.8 Å². The molecule has 7 heteroatoms. The van der Waals surface area contributed by atoms with Crippen LogP contribution in [0.4, 0.5) is 4.39 Å². The van der Waals surface area contributed by atoms with Crippen molar-refractivity contribution in [2.45, 2.75) is 66.3 Å². The van der Waals surface area contributed by atoms with E-state index in [1.165, 1.54) is 19.3 Å². The Morgan fingerprint density at radius 1 is 1.23 bits per heavy atom. The number of nitrogens with zero attached hydrogens (tertiary/aromatic N) is 3. The van der Waals surface area contributed by atoms with Gasteiger partial charge in [0.05, 0.1) is 12.0 Å². The molecule has 0 bridgehead atoms. The van der Waals surface area contributed by atoms with Crippen LogP contribution in [0.5, 0.6) is 0 Å². The van der Waals surface area contributed by atoms with Gasteiger partial charge in [-0.05, 0) is 56.9 Å². The van der Waals surface area contributed by atoms with E-state index in [9.17, 15) is 9.18 Å². The maximum Gasteiger partial charge on any atom is 0.254 e. The van der Waals surface area contributed by atoms with E-state index >= 15 is 0 Å². The minimum absolute atomic E-state index is 0.0650. The fourth-order valence-electron chi connectivity index (χ4n) is 3.49. The summed E-state index contributed by atoms with van der Waals surface area (Å²) in [5, 5.41) is 0. The topological polar surface area (TPSA) is 82.5 Å². The molecule has 194 valence electrons. The first-order valence-electron chi connectivity index (χ1n) is 12.5. The predicted molar refractivity (Wildman–Crippen MR) is 147 cm³/mol. The van der Waals surface area contributed by atoms with E-state index in [0.29, 0.717) is 31.7 Å². The molecule has 1 saturated heterocycles. The molecule has 1 aliphatic heterocycles. The van der Waals surface area contributed by atoms with E-state index in [1.54, 1.807) is 23.9 Å². The van der Waals surface area contributed by atoms with Crippen molar-refractivity contribution in [2.24, 2.45) is 10.7 Å². The monoisotopic (exact) mass is 486 g/mol. The second-order valence-corrected chi connectivity index (χ2v) is 6.97. The Hall–Kier alpha value is -2.90. The highest BCUT2D eigenvalue weighted by Crippen LogP contribution is 2.29. The molecule has 1 aromatic heterocycles. The van der Waals surface area contributed by atoms with Crippen molar-refractivity contribution in [2.75, 3.05) is 20.3 Å². The molecule has 2 aromatic rings. The number of aromatic nitrogens is 2. The average Bonchev–Trinajstić information content (AvgIpc) is 2.92. The second-order valence-electron chi connectivity index (χ2n) is 6.97. The Balaban J connectivity index is 0.00000179. The Kier molecular flexibility index (Phi) is 17.8. The zero-order valence-electron chi connectivity index (χ0n) is 22.3. The van der Waals surface area contributed by atoms with Crippen molar-refractivity contribution in [3.8, 4) is 11.3 Å². The van der Waals surface area contributed by atoms with Crippen LogP contribution in [-0.2, 0) is 4.74 Å². The maximum atomic E-state index is 13.4. The van der Waals surface area contributed by atoms with Crippen LogP contribution in [0.15, 0.2) is 65.1 Å². The van der Waals surface area contributed by atoms with Crippen LogP contribution < -0.4 is 11.3 Å². The molecule has 0 atom stereocenters. The molecule has 0 amide bonds. The van der Waals surface area contributed by atoms with Gasteiger partial charge in [0, 0.05) is 37.1 Å². The summed E-state index contributed by atoms with van der Waals surface area (Å²) in [4.78, 5) is 20.9. The third-order valence-electron chi connectivity index (χ3n) is 5.02. The van der Waals surface area contributed by atoms with Crippen LogP contribution in [0.2, 0.25) is 0 Å². The molecular weight excluding hydrogens is 443 g/mol. The summed E-state index contributed by atoms with van der Waals surface area (Å²) in [6.07, 6.45) is 7.22. The van der Waals surface area contributed by atoms with Gasteiger partial charge in [-0.15, -0.1) is 0 Å². The number of rotatable bonds is 7. The van der Waals surface area contributed by atoms with Crippen LogP contribution in [0.1, 0.15) is 71.9 Å². The highest BCUT2D eigenvalue weighted by Gasteiger charge is 2.18. The van der Waals surface area contributed by atoms with E-state index in [4.69, 9.17) is 4.74 Å². The first kappa shape index (κ1) is 32.1. The molecule has 1 aromatic carbocycles. The van der Waals surface area contributed by atoms with Crippen LogP contribution in [0.3, 0.4) is 0 Å². The molecule has 35 heavy (non-hydrogen) atoms. The summed E-state index contributed by atoms with van der Waals surface area (Å²) < 4.78 is 20.5. The quantitative estimate of drug-likeness (QED) is 0.354. The Labute approximate surface area is 210 Å². The molecule has 3 rings (SSSR count). The number of nitrogens with two attached hydrogens (primary N) is 1. The standard InChI is InChI=1S/C23H26FN3O2.2C2H6.CH5N/c1-3-25-22(24)10-6-7-17(2)19-8-4-5-9-20(19)21-15-23(28)27(16-26-21)18-11-13-29-14-12-18;3*1-2/h3-5,8-10,15-16,18H,2,6-7,11-14H2,1H3;2*1-2H3;2H2,1H3/b22-10-,25-3-;;;. The molecule has 0 spiro atoms. The molecule has 1 aliphatic rings. The highest BCUT2D eigenvalue weighted by molar-refractivity contribution is 5.78. The fraction of sp³-hybridized carbons (Fsp3) is 0.464. The van der Waals surface area contributed by atoms with Gasteiger partial charge in [0.1, 0.15) is 0 Å². The van der Waals surface area contributed by atoms with Crippen molar-refractivity contribution in [3.05, 3.63) is 71.2 Å². The van der Waals surface area contributed by atoms with E-state index in [-0.39, 0.29) is 11.6 Å². The van der Waals surface area contributed by atoms with Gasteiger partial charge in [-0.2, -0.15) is 4.39 Å². The van der Waals surface area contributed by atoms with Gasteiger partial charge >= 0.3 is 0 Å². The van der Waals surface area contributed by atoms with Crippen LogP contribution >= 0.6 is 0 Å². The largest absolute Gasteiger partial charge is 0.381 e. The average molecular weight is 487 g/mol. The van der Waals surface area contributed by atoms with Gasteiger partial charge in [-0.25, -0.2) is 9.98 Å². The molecule has 0 aliphatic carbocycles. The van der Waals surface area contributed by atoms with Gasteiger partial charge in [-0.1, -0.05) is 58.5 Å². The third kappa shape index (κ3) is 10.5. The third-order valence-corrected chi connectivity index (χ3v) is 5.02. The van der Waals surface area contributed by atoms with Crippen molar-refractivity contribution >= 4 is 11.8 Å². The number of allylic oxidation sites excluding steroid dienone is 2. The van der Waals surface area contributed by atoms with Gasteiger partial charge < -0.3 is 10.5 Å².